The van der Waals surface area contributed by atoms with Crippen LogP contribution in [0.4, 0.5) is 0 Å². The molecule has 0 fully saturated rings. The van der Waals surface area contributed by atoms with Gasteiger partial charge in [-0.2, -0.15) is 0 Å². The number of aryl methyl sites for hydroxylation is 1. The summed E-state index contributed by atoms with van der Waals surface area (Å²) >= 11 is 2.10. The molecule has 1 rings (SSSR count). The molecule has 0 radical (unpaired) electrons. The highest BCUT2D eigenvalue weighted by molar-refractivity contribution is 14.1. The molecule has 0 aliphatic heterocycles. The average Bonchev–Trinajstić information content (AvgIpc) is 1.96. The van der Waals surface area contributed by atoms with Gasteiger partial charge in [0, 0.05) is 3.57 Å². The van der Waals surface area contributed by atoms with E-state index in [9.17, 15) is 9.90 Å². The molecule has 3 heteroatoms. The van der Waals surface area contributed by atoms with Crippen molar-refractivity contribution in [1.29, 1.82) is 0 Å². The van der Waals surface area contributed by atoms with Crippen LogP contribution in [0.15, 0.2) is 12.1 Å². The van der Waals surface area contributed by atoms with Gasteiger partial charge in [0.2, 0.25) is 0 Å². The smallest absolute Gasteiger partial charge is 0.153 e. The van der Waals surface area contributed by atoms with Gasteiger partial charge >= 0.3 is 0 Å². The summed E-state index contributed by atoms with van der Waals surface area (Å²) in [6, 6.07) is 3.47. The third kappa shape index (κ3) is 1.71. The van der Waals surface area contributed by atoms with E-state index >= 15 is 0 Å². The van der Waals surface area contributed by atoms with E-state index in [4.69, 9.17) is 0 Å². The van der Waals surface area contributed by atoms with Gasteiger partial charge in [0.25, 0.3) is 0 Å². The van der Waals surface area contributed by atoms with E-state index < -0.39 is 0 Å². The van der Waals surface area contributed by atoms with Crippen molar-refractivity contribution in [3.05, 3.63) is 26.8 Å². The fourth-order valence-corrected chi connectivity index (χ4v) is 1.65. The lowest BCUT2D eigenvalue weighted by Crippen LogP contribution is -1.86. The molecule has 0 aliphatic rings. The van der Waals surface area contributed by atoms with Crippen molar-refractivity contribution in [3.63, 3.8) is 0 Å². The van der Waals surface area contributed by atoms with E-state index in [0.717, 1.165) is 9.13 Å². The maximum Gasteiger partial charge on any atom is 0.153 e. The quantitative estimate of drug-likeness (QED) is 0.621. The fraction of sp³-hybridized carbons (Fsp3) is 0.125. The van der Waals surface area contributed by atoms with Crippen LogP contribution in [0.3, 0.4) is 0 Å². The Bertz CT molecular complexity index is 294. The van der Waals surface area contributed by atoms with Crippen LogP contribution in [0.2, 0.25) is 0 Å². The molecule has 0 spiro atoms. The molecule has 58 valence electrons. The number of rotatable bonds is 1. The van der Waals surface area contributed by atoms with Crippen molar-refractivity contribution in [2.75, 3.05) is 0 Å². The van der Waals surface area contributed by atoms with Crippen LogP contribution in [-0.2, 0) is 0 Å². The number of aromatic hydroxyl groups is 1. The first-order valence-corrected chi connectivity index (χ1v) is 4.17. The first kappa shape index (κ1) is 8.52. The number of hydrogen-bond donors (Lipinski definition) is 1. The molecule has 0 aliphatic carbocycles. The normalized spacial score (nSPS) is 9.64. The molecule has 1 N–H and O–H groups in total. The van der Waals surface area contributed by atoms with Crippen molar-refractivity contribution in [3.8, 4) is 5.75 Å². The van der Waals surface area contributed by atoms with Gasteiger partial charge in [-0.15, -0.1) is 0 Å². The summed E-state index contributed by atoms with van der Waals surface area (Å²) < 4.78 is 0.958. The van der Waals surface area contributed by atoms with E-state index in [0.29, 0.717) is 11.8 Å². The lowest BCUT2D eigenvalue weighted by atomic mass is 10.1. The second-order valence-electron chi connectivity index (χ2n) is 2.28. The largest absolute Gasteiger partial charge is 0.507 e. The SMILES string of the molecule is Cc1cc(I)cc(C=O)c1O. The lowest BCUT2D eigenvalue weighted by molar-refractivity contribution is 0.112. The van der Waals surface area contributed by atoms with Crippen LogP contribution in [0, 0.1) is 10.5 Å². The Morgan fingerprint density at radius 1 is 1.55 bits per heavy atom. The molecule has 0 bridgehead atoms. The molecule has 0 atom stereocenters. The van der Waals surface area contributed by atoms with E-state index in [2.05, 4.69) is 22.6 Å². The van der Waals surface area contributed by atoms with Crippen LogP contribution >= 0.6 is 22.6 Å². The second kappa shape index (κ2) is 3.21. The third-order valence-corrected chi connectivity index (χ3v) is 2.04. The van der Waals surface area contributed by atoms with Crippen molar-refractivity contribution in [2.24, 2.45) is 0 Å². The molecule has 1 aromatic rings. The number of carbonyl (C=O) groups excluding carboxylic acids is 1. The number of carbonyl (C=O) groups is 1. The molecular formula is C8H7IO2. The highest BCUT2D eigenvalue weighted by atomic mass is 127. The Kier molecular flexibility index (Phi) is 2.49. The molecule has 0 saturated heterocycles. The zero-order chi connectivity index (χ0) is 8.43. The van der Waals surface area contributed by atoms with E-state index in [1.165, 1.54) is 0 Å². The molecular weight excluding hydrogens is 255 g/mol. The van der Waals surface area contributed by atoms with E-state index in [-0.39, 0.29) is 5.75 Å². The van der Waals surface area contributed by atoms with Crippen LogP contribution in [0.1, 0.15) is 15.9 Å². The van der Waals surface area contributed by atoms with Gasteiger partial charge in [0.15, 0.2) is 6.29 Å². The topological polar surface area (TPSA) is 37.3 Å². The number of phenols is 1. The van der Waals surface area contributed by atoms with E-state index in [1.54, 1.807) is 13.0 Å². The molecule has 11 heavy (non-hydrogen) atoms. The van der Waals surface area contributed by atoms with Crippen molar-refractivity contribution >= 4 is 28.9 Å². The summed E-state index contributed by atoms with van der Waals surface area (Å²) in [7, 11) is 0. The average molecular weight is 262 g/mol. The standard InChI is InChI=1S/C8H7IO2/c1-5-2-7(9)3-6(4-10)8(5)11/h2-4,11H,1H3. The summed E-state index contributed by atoms with van der Waals surface area (Å²) in [5.74, 6) is 0.0837. The minimum absolute atomic E-state index is 0.0837. The van der Waals surface area contributed by atoms with Gasteiger partial charge in [0.1, 0.15) is 5.75 Å². The third-order valence-electron chi connectivity index (χ3n) is 1.42. The highest BCUT2D eigenvalue weighted by Gasteiger charge is 2.03. The van der Waals surface area contributed by atoms with Crippen LogP contribution < -0.4 is 0 Å². The van der Waals surface area contributed by atoms with Gasteiger partial charge in [-0.05, 0) is 47.2 Å². The molecule has 0 heterocycles. The molecule has 0 aromatic heterocycles. The van der Waals surface area contributed by atoms with E-state index in [1.807, 2.05) is 6.07 Å². The monoisotopic (exact) mass is 262 g/mol. The molecule has 1 aromatic carbocycles. The fourth-order valence-electron chi connectivity index (χ4n) is 0.851. The first-order valence-electron chi connectivity index (χ1n) is 3.09. The predicted molar refractivity (Wildman–Crippen MR) is 50.9 cm³/mol. The number of benzene rings is 1. The number of phenolic OH excluding ortho intramolecular Hbond substituents is 1. The minimum Gasteiger partial charge on any atom is -0.507 e. The summed E-state index contributed by atoms with van der Waals surface area (Å²) in [6.07, 6.45) is 0.657. The zero-order valence-corrected chi connectivity index (χ0v) is 8.12. The predicted octanol–water partition coefficient (Wildman–Crippen LogP) is 2.12. The minimum atomic E-state index is 0.0837. The summed E-state index contributed by atoms with van der Waals surface area (Å²) in [4.78, 5) is 10.4. The van der Waals surface area contributed by atoms with Crippen molar-refractivity contribution in [2.45, 2.75) is 6.92 Å². The highest BCUT2D eigenvalue weighted by Crippen LogP contribution is 2.22. The van der Waals surface area contributed by atoms with Gasteiger partial charge in [0.05, 0.1) is 5.56 Å². The first-order chi connectivity index (χ1) is 5.15. The number of halogens is 1. The molecule has 0 unspecified atom stereocenters. The Labute approximate surface area is 78.4 Å². The summed E-state index contributed by atoms with van der Waals surface area (Å²) in [5.41, 5.74) is 1.09. The number of hydrogen-bond acceptors (Lipinski definition) is 2. The lowest BCUT2D eigenvalue weighted by Gasteiger charge is -2.01. The molecule has 0 saturated carbocycles. The van der Waals surface area contributed by atoms with Gasteiger partial charge in [-0.3, -0.25) is 4.79 Å². The Balaban J connectivity index is 3.35. The number of aldehydes is 1. The Morgan fingerprint density at radius 2 is 2.18 bits per heavy atom. The maximum absolute atomic E-state index is 10.4. The zero-order valence-electron chi connectivity index (χ0n) is 5.97. The Morgan fingerprint density at radius 3 is 2.73 bits per heavy atom. The molecule has 2 nitrogen and oxygen atoms in total. The Hall–Kier alpha value is -0.580. The van der Waals surface area contributed by atoms with Gasteiger partial charge in [-0.25, -0.2) is 0 Å². The van der Waals surface area contributed by atoms with Crippen LogP contribution in [0.25, 0.3) is 0 Å². The van der Waals surface area contributed by atoms with Crippen LogP contribution in [0.5, 0.6) is 5.75 Å². The van der Waals surface area contributed by atoms with Gasteiger partial charge in [-0.1, -0.05) is 0 Å². The summed E-state index contributed by atoms with van der Waals surface area (Å²) in [6.45, 7) is 1.77. The van der Waals surface area contributed by atoms with Crippen molar-refractivity contribution in [1.82, 2.24) is 0 Å². The molecule has 0 amide bonds. The van der Waals surface area contributed by atoms with Gasteiger partial charge < -0.3 is 5.11 Å². The summed E-state index contributed by atoms with van der Waals surface area (Å²) in [5, 5.41) is 9.29. The van der Waals surface area contributed by atoms with Crippen molar-refractivity contribution < 1.29 is 9.90 Å². The maximum atomic E-state index is 10.4. The van der Waals surface area contributed by atoms with Crippen LogP contribution in [-0.4, -0.2) is 11.4 Å². The second-order valence-corrected chi connectivity index (χ2v) is 3.52.